The van der Waals surface area contributed by atoms with Crippen molar-refractivity contribution in [3.8, 4) is 0 Å². The van der Waals surface area contributed by atoms with E-state index < -0.39 is 6.10 Å². The summed E-state index contributed by atoms with van der Waals surface area (Å²) in [5.74, 6) is 0.293. The number of piperidine rings is 1. The molecule has 4 aliphatic rings. The standard InChI is InChI=1S/C13H18N4O2/c1-9(18)10-5-17(15-14-10)13-6-12(7-13)4-2-3-11(19)16(12)8-13/h5,9,18H,2-4,6-8H2,1H3/t9-,12?,13?/m0/s1. The van der Waals surface area contributed by atoms with Crippen LogP contribution in [-0.2, 0) is 10.3 Å². The van der Waals surface area contributed by atoms with Crippen molar-refractivity contribution in [1.82, 2.24) is 19.9 Å². The molecule has 1 atom stereocenters. The Hall–Kier alpha value is -1.43. The summed E-state index contributed by atoms with van der Waals surface area (Å²) in [6.07, 6.45) is 6.06. The van der Waals surface area contributed by atoms with Crippen LogP contribution in [0.25, 0.3) is 0 Å². The smallest absolute Gasteiger partial charge is 0.223 e. The second-order valence-electron chi connectivity index (χ2n) is 6.40. The molecule has 0 radical (unpaired) electrons. The normalized spacial score (nSPS) is 38.0. The zero-order valence-corrected chi connectivity index (χ0v) is 11.0. The molecule has 1 aromatic heterocycles. The fraction of sp³-hybridized carbons (Fsp3) is 0.769. The van der Waals surface area contributed by atoms with E-state index in [4.69, 9.17) is 0 Å². The Morgan fingerprint density at radius 3 is 2.84 bits per heavy atom. The molecule has 1 spiro atoms. The molecule has 4 fully saturated rings. The van der Waals surface area contributed by atoms with Gasteiger partial charge in [0.1, 0.15) is 5.69 Å². The van der Waals surface area contributed by atoms with E-state index in [-0.39, 0.29) is 11.1 Å². The highest BCUT2D eigenvalue weighted by molar-refractivity contribution is 5.79. The molecule has 1 aromatic rings. The average molecular weight is 262 g/mol. The van der Waals surface area contributed by atoms with Gasteiger partial charge in [0.25, 0.3) is 0 Å². The molecule has 3 saturated heterocycles. The highest BCUT2D eigenvalue weighted by atomic mass is 16.3. The van der Waals surface area contributed by atoms with Crippen LogP contribution in [0.15, 0.2) is 6.20 Å². The number of aromatic nitrogens is 3. The van der Waals surface area contributed by atoms with Gasteiger partial charge in [-0.3, -0.25) is 4.79 Å². The Bertz CT molecular complexity index is 545. The predicted octanol–water partition coefficient (Wildman–Crippen LogP) is 0.585. The number of carbonyl (C=O) groups is 1. The molecule has 4 heterocycles. The van der Waals surface area contributed by atoms with Crippen LogP contribution in [0.3, 0.4) is 0 Å². The Kier molecular flexibility index (Phi) is 2.02. The molecule has 1 N–H and O–H groups in total. The van der Waals surface area contributed by atoms with E-state index in [0.717, 1.165) is 32.2 Å². The molecule has 5 rings (SSSR count). The summed E-state index contributed by atoms with van der Waals surface area (Å²) in [5.41, 5.74) is 0.637. The summed E-state index contributed by atoms with van der Waals surface area (Å²) in [6.45, 7) is 2.45. The number of aliphatic hydroxyl groups is 1. The molecule has 6 heteroatoms. The van der Waals surface area contributed by atoms with E-state index in [0.29, 0.717) is 18.0 Å². The molecule has 1 saturated carbocycles. The van der Waals surface area contributed by atoms with Crippen molar-refractivity contribution in [3.05, 3.63) is 11.9 Å². The van der Waals surface area contributed by atoms with Gasteiger partial charge in [0.05, 0.1) is 17.8 Å². The Balaban J connectivity index is 1.65. The second-order valence-corrected chi connectivity index (χ2v) is 6.40. The first-order valence-electron chi connectivity index (χ1n) is 6.96. The van der Waals surface area contributed by atoms with Gasteiger partial charge in [0.15, 0.2) is 0 Å². The van der Waals surface area contributed by atoms with Crippen molar-refractivity contribution >= 4 is 5.91 Å². The van der Waals surface area contributed by atoms with Gasteiger partial charge < -0.3 is 10.0 Å². The Morgan fingerprint density at radius 2 is 2.21 bits per heavy atom. The summed E-state index contributed by atoms with van der Waals surface area (Å²) in [4.78, 5) is 14.1. The minimum atomic E-state index is -0.593. The van der Waals surface area contributed by atoms with E-state index in [9.17, 15) is 9.90 Å². The van der Waals surface area contributed by atoms with Crippen LogP contribution in [0.2, 0.25) is 0 Å². The van der Waals surface area contributed by atoms with Gasteiger partial charge in [-0.15, -0.1) is 5.10 Å². The number of nitrogens with zero attached hydrogens (tertiary/aromatic N) is 4. The Labute approximate surface area is 111 Å². The van der Waals surface area contributed by atoms with E-state index in [1.807, 2.05) is 10.9 Å². The van der Waals surface area contributed by atoms with Gasteiger partial charge in [0, 0.05) is 18.5 Å². The number of amides is 1. The summed E-state index contributed by atoms with van der Waals surface area (Å²) in [7, 11) is 0. The van der Waals surface area contributed by atoms with Crippen molar-refractivity contribution in [3.63, 3.8) is 0 Å². The summed E-state index contributed by atoms with van der Waals surface area (Å²) in [5, 5.41) is 17.7. The third-order valence-electron chi connectivity index (χ3n) is 5.10. The third-order valence-corrected chi connectivity index (χ3v) is 5.10. The maximum Gasteiger partial charge on any atom is 0.223 e. The van der Waals surface area contributed by atoms with E-state index in [2.05, 4.69) is 15.2 Å². The molecule has 0 aromatic carbocycles. The monoisotopic (exact) mass is 262 g/mol. The summed E-state index contributed by atoms with van der Waals surface area (Å²) in [6, 6.07) is 0. The molecular weight excluding hydrogens is 244 g/mol. The van der Waals surface area contributed by atoms with E-state index in [1.54, 1.807) is 6.92 Å². The maximum absolute atomic E-state index is 12.0. The number of rotatable bonds is 2. The van der Waals surface area contributed by atoms with Crippen LogP contribution in [0.4, 0.5) is 0 Å². The first-order valence-corrected chi connectivity index (χ1v) is 6.96. The lowest BCUT2D eigenvalue weighted by Gasteiger charge is -2.49. The minimum Gasteiger partial charge on any atom is -0.387 e. The fourth-order valence-electron chi connectivity index (χ4n) is 4.24. The zero-order valence-electron chi connectivity index (χ0n) is 11.0. The molecular formula is C13H18N4O2. The first kappa shape index (κ1) is 11.4. The first-order chi connectivity index (χ1) is 9.05. The SMILES string of the molecule is C[C@H](O)c1cn(C23CN4C(=O)CCCC4(C2)C3)nn1. The minimum absolute atomic E-state index is 0.0693. The summed E-state index contributed by atoms with van der Waals surface area (Å²) >= 11 is 0. The van der Waals surface area contributed by atoms with E-state index in [1.165, 1.54) is 0 Å². The second kappa shape index (κ2) is 3.36. The number of carbonyl (C=O) groups excluding carboxylic acids is 1. The van der Waals surface area contributed by atoms with Crippen molar-refractivity contribution in [2.75, 3.05) is 6.54 Å². The van der Waals surface area contributed by atoms with Crippen LogP contribution < -0.4 is 0 Å². The van der Waals surface area contributed by atoms with Crippen LogP contribution >= 0.6 is 0 Å². The van der Waals surface area contributed by atoms with Crippen LogP contribution in [0.1, 0.15) is 50.8 Å². The van der Waals surface area contributed by atoms with Gasteiger partial charge in [0.2, 0.25) is 5.91 Å². The van der Waals surface area contributed by atoms with Gasteiger partial charge >= 0.3 is 0 Å². The van der Waals surface area contributed by atoms with Gasteiger partial charge in [-0.2, -0.15) is 0 Å². The van der Waals surface area contributed by atoms with Crippen molar-refractivity contribution in [2.24, 2.45) is 0 Å². The van der Waals surface area contributed by atoms with Crippen molar-refractivity contribution in [2.45, 2.75) is 56.2 Å². The molecule has 0 unspecified atom stereocenters. The molecule has 1 aliphatic carbocycles. The molecule has 3 aliphatic heterocycles. The van der Waals surface area contributed by atoms with Gasteiger partial charge in [-0.25, -0.2) is 4.68 Å². The average Bonchev–Trinajstić information content (AvgIpc) is 2.98. The maximum atomic E-state index is 12.0. The van der Waals surface area contributed by atoms with Crippen LogP contribution in [0.5, 0.6) is 0 Å². The highest BCUT2D eigenvalue weighted by Crippen LogP contribution is 2.61. The zero-order chi connectivity index (χ0) is 13.3. The molecule has 6 nitrogen and oxygen atoms in total. The van der Waals surface area contributed by atoms with E-state index >= 15 is 0 Å². The number of aliphatic hydroxyl groups excluding tert-OH is 1. The van der Waals surface area contributed by atoms with Crippen molar-refractivity contribution in [1.29, 1.82) is 0 Å². The predicted molar refractivity (Wildman–Crippen MR) is 66.2 cm³/mol. The lowest BCUT2D eigenvalue weighted by molar-refractivity contribution is -0.139. The third kappa shape index (κ3) is 1.32. The van der Waals surface area contributed by atoms with Gasteiger partial charge in [-0.1, -0.05) is 5.21 Å². The number of hydrogen-bond acceptors (Lipinski definition) is 4. The molecule has 19 heavy (non-hydrogen) atoms. The molecule has 1 amide bonds. The lowest BCUT2D eigenvalue weighted by atomic mass is 9.64. The topological polar surface area (TPSA) is 71.2 Å². The largest absolute Gasteiger partial charge is 0.387 e. The fourth-order valence-corrected chi connectivity index (χ4v) is 4.24. The molecule has 102 valence electrons. The van der Waals surface area contributed by atoms with Gasteiger partial charge in [-0.05, 0) is 32.6 Å². The Morgan fingerprint density at radius 1 is 1.42 bits per heavy atom. The number of hydrogen-bond donors (Lipinski definition) is 1. The van der Waals surface area contributed by atoms with Crippen molar-refractivity contribution < 1.29 is 9.90 Å². The quantitative estimate of drug-likeness (QED) is 0.846. The molecule has 2 bridgehead atoms. The lowest BCUT2D eigenvalue weighted by Crippen LogP contribution is -2.55. The van der Waals surface area contributed by atoms with Crippen LogP contribution in [-0.4, -0.2) is 43.0 Å². The van der Waals surface area contributed by atoms with Crippen LogP contribution in [0, 0.1) is 0 Å². The summed E-state index contributed by atoms with van der Waals surface area (Å²) < 4.78 is 1.88. The highest BCUT2D eigenvalue weighted by Gasteiger charge is 2.68.